The molecule has 142 valence electrons. The molecule has 0 fully saturated rings. The zero-order valence-corrected chi connectivity index (χ0v) is 15.5. The van der Waals surface area contributed by atoms with E-state index in [-0.39, 0.29) is 18.2 Å². The van der Waals surface area contributed by atoms with Gasteiger partial charge in [-0.05, 0) is 42.3 Å². The molecule has 1 aromatic heterocycles. The van der Waals surface area contributed by atoms with Crippen LogP contribution in [0.15, 0.2) is 48.5 Å². The summed E-state index contributed by atoms with van der Waals surface area (Å²) in [6.07, 6.45) is -0.0321. The van der Waals surface area contributed by atoms with Crippen molar-refractivity contribution < 1.29 is 14.3 Å². The number of imidazole rings is 1. The Labute approximate surface area is 157 Å². The Morgan fingerprint density at radius 1 is 1.19 bits per heavy atom. The number of hydrogen-bond donors (Lipinski definition) is 2. The van der Waals surface area contributed by atoms with Gasteiger partial charge in [0.25, 0.3) is 0 Å². The molecule has 0 spiro atoms. The van der Waals surface area contributed by atoms with Gasteiger partial charge in [-0.2, -0.15) is 0 Å². The molecule has 2 N–H and O–H groups in total. The number of carboxylic acid groups (broad SMARTS) is 1. The van der Waals surface area contributed by atoms with Crippen LogP contribution in [0.2, 0.25) is 0 Å². The summed E-state index contributed by atoms with van der Waals surface area (Å²) < 4.78 is 15.2. The van der Waals surface area contributed by atoms with Crippen molar-refractivity contribution in [2.24, 2.45) is 5.92 Å². The maximum absolute atomic E-state index is 13.1. The lowest BCUT2D eigenvalue weighted by atomic mass is 10.0. The van der Waals surface area contributed by atoms with Gasteiger partial charge in [0.2, 0.25) is 0 Å². The van der Waals surface area contributed by atoms with Crippen LogP contribution in [-0.2, 0) is 11.3 Å². The molecule has 0 amide bonds. The lowest BCUT2D eigenvalue weighted by Crippen LogP contribution is -2.21. The number of benzene rings is 2. The van der Waals surface area contributed by atoms with Gasteiger partial charge in [0.1, 0.15) is 11.6 Å². The quantitative estimate of drug-likeness (QED) is 0.613. The molecule has 0 saturated heterocycles. The van der Waals surface area contributed by atoms with Crippen molar-refractivity contribution in [2.45, 2.75) is 32.7 Å². The van der Waals surface area contributed by atoms with Gasteiger partial charge < -0.3 is 15.0 Å². The zero-order chi connectivity index (χ0) is 19.4. The first-order valence-electron chi connectivity index (χ1n) is 9.10. The molecule has 5 nitrogen and oxygen atoms in total. The van der Waals surface area contributed by atoms with E-state index in [1.54, 1.807) is 12.1 Å². The molecule has 0 radical (unpaired) electrons. The average molecular weight is 369 g/mol. The van der Waals surface area contributed by atoms with E-state index in [0.717, 1.165) is 29.1 Å². The van der Waals surface area contributed by atoms with E-state index in [0.29, 0.717) is 12.5 Å². The molecule has 1 heterocycles. The third kappa shape index (κ3) is 4.64. The predicted molar refractivity (Wildman–Crippen MR) is 104 cm³/mol. The summed E-state index contributed by atoms with van der Waals surface area (Å²) in [6.45, 7) is 5.42. The van der Waals surface area contributed by atoms with Crippen LogP contribution in [0.1, 0.15) is 32.0 Å². The zero-order valence-electron chi connectivity index (χ0n) is 15.5. The number of carboxylic acids is 1. The average Bonchev–Trinajstić information content (AvgIpc) is 2.98. The molecule has 3 aromatic rings. The van der Waals surface area contributed by atoms with E-state index < -0.39 is 5.97 Å². The highest BCUT2D eigenvalue weighted by Gasteiger charge is 2.23. The molecule has 0 aliphatic rings. The fraction of sp³-hybridized carbons (Fsp3) is 0.333. The van der Waals surface area contributed by atoms with Crippen molar-refractivity contribution in [3.63, 3.8) is 0 Å². The molecule has 0 saturated carbocycles. The maximum Gasteiger partial charge on any atom is 0.304 e. The Bertz CT molecular complexity index is 919. The van der Waals surface area contributed by atoms with E-state index in [2.05, 4.69) is 23.7 Å². The van der Waals surface area contributed by atoms with Crippen molar-refractivity contribution in [3.8, 4) is 0 Å². The Kier molecular flexibility index (Phi) is 5.74. The minimum absolute atomic E-state index is 0.0321. The summed E-state index contributed by atoms with van der Waals surface area (Å²) in [5, 5.41) is 12.6. The van der Waals surface area contributed by atoms with Gasteiger partial charge in [0, 0.05) is 24.7 Å². The smallest absolute Gasteiger partial charge is 0.304 e. The maximum atomic E-state index is 13.1. The highest BCUT2D eigenvalue weighted by molar-refractivity contribution is 5.76. The minimum Gasteiger partial charge on any atom is -0.481 e. The Balaban J connectivity index is 1.93. The molecule has 27 heavy (non-hydrogen) atoms. The number of aromatic nitrogens is 2. The first kappa shape index (κ1) is 18.9. The van der Waals surface area contributed by atoms with Crippen LogP contribution in [0.3, 0.4) is 0 Å². The largest absolute Gasteiger partial charge is 0.481 e. The number of halogens is 1. The van der Waals surface area contributed by atoms with Crippen LogP contribution in [0.5, 0.6) is 0 Å². The molecular weight excluding hydrogens is 345 g/mol. The molecule has 0 unspecified atom stereocenters. The highest BCUT2D eigenvalue weighted by atomic mass is 19.1. The molecule has 0 aliphatic carbocycles. The number of carbonyl (C=O) groups is 1. The van der Waals surface area contributed by atoms with Gasteiger partial charge in [-0.25, -0.2) is 9.37 Å². The van der Waals surface area contributed by atoms with Crippen LogP contribution in [0.25, 0.3) is 11.0 Å². The van der Waals surface area contributed by atoms with Gasteiger partial charge in [0.05, 0.1) is 17.5 Å². The van der Waals surface area contributed by atoms with Crippen molar-refractivity contribution in [2.75, 3.05) is 11.9 Å². The van der Waals surface area contributed by atoms with Crippen LogP contribution in [0, 0.1) is 11.7 Å². The predicted octanol–water partition coefficient (Wildman–Crippen LogP) is 4.50. The van der Waals surface area contributed by atoms with Crippen molar-refractivity contribution in [1.29, 1.82) is 0 Å². The molecule has 2 aromatic carbocycles. The van der Waals surface area contributed by atoms with Gasteiger partial charge in [-0.1, -0.05) is 26.0 Å². The number of rotatable bonds is 8. The van der Waals surface area contributed by atoms with Gasteiger partial charge in [-0.15, -0.1) is 0 Å². The van der Waals surface area contributed by atoms with Gasteiger partial charge in [-0.3, -0.25) is 4.79 Å². The second-order valence-corrected chi connectivity index (χ2v) is 7.15. The van der Waals surface area contributed by atoms with Crippen molar-refractivity contribution in [3.05, 3.63) is 60.2 Å². The van der Waals surface area contributed by atoms with Gasteiger partial charge in [0.15, 0.2) is 0 Å². The highest BCUT2D eigenvalue weighted by Crippen LogP contribution is 2.26. The number of fused-ring (bicyclic) bond motifs is 1. The third-order valence-electron chi connectivity index (χ3n) is 4.41. The topological polar surface area (TPSA) is 67.2 Å². The van der Waals surface area contributed by atoms with Crippen molar-refractivity contribution >= 4 is 22.7 Å². The summed E-state index contributed by atoms with van der Waals surface area (Å²) >= 11 is 0. The van der Waals surface area contributed by atoms with E-state index in [9.17, 15) is 14.3 Å². The lowest BCUT2D eigenvalue weighted by molar-refractivity contribution is -0.137. The molecule has 1 atom stereocenters. The summed E-state index contributed by atoms with van der Waals surface area (Å²) in [5.74, 6) is -0.317. The number of nitrogens with one attached hydrogen (secondary N) is 1. The summed E-state index contributed by atoms with van der Waals surface area (Å²) in [5.41, 5.74) is 2.63. The molecule has 0 aliphatic heterocycles. The van der Waals surface area contributed by atoms with E-state index in [4.69, 9.17) is 4.98 Å². The standard InChI is InChI=1S/C21H24FN3O2/c1-14(2)13-25-19-6-4-3-5-18(19)24-21(25)15(11-20(26)27)12-23-17-9-7-16(22)8-10-17/h3-10,14-15,23H,11-13H2,1-2H3,(H,26,27)/t15-/m1/s1. The number of aliphatic carboxylic acids is 1. The Hall–Kier alpha value is -2.89. The van der Waals surface area contributed by atoms with Crippen LogP contribution in [0.4, 0.5) is 10.1 Å². The molecule has 0 bridgehead atoms. The number of hydrogen-bond acceptors (Lipinski definition) is 3. The van der Waals surface area contributed by atoms with E-state index in [1.807, 2.05) is 24.3 Å². The summed E-state index contributed by atoms with van der Waals surface area (Å²) in [4.78, 5) is 16.2. The number of nitrogens with zero attached hydrogens (tertiary/aromatic N) is 2. The van der Waals surface area contributed by atoms with E-state index >= 15 is 0 Å². The summed E-state index contributed by atoms with van der Waals surface area (Å²) in [7, 11) is 0. The first-order valence-corrected chi connectivity index (χ1v) is 9.10. The lowest BCUT2D eigenvalue weighted by Gasteiger charge is -2.19. The number of para-hydroxylation sites is 2. The Morgan fingerprint density at radius 3 is 2.56 bits per heavy atom. The van der Waals surface area contributed by atoms with Gasteiger partial charge >= 0.3 is 5.97 Å². The van der Waals surface area contributed by atoms with Crippen LogP contribution < -0.4 is 5.32 Å². The molecular formula is C21H24FN3O2. The first-order chi connectivity index (χ1) is 12.9. The Morgan fingerprint density at radius 2 is 1.89 bits per heavy atom. The van der Waals surface area contributed by atoms with Crippen LogP contribution >= 0.6 is 0 Å². The SMILES string of the molecule is CC(C)Cn1c([C@@H](CNc2ccc(F)cc2)CC(=O)O)nc2ccccc21. The fourth-order valence-electron chi connectivity index (χ4n) is 3.24. The minimum atomic E-state index is -0.871. The van der Waals surface area contributed by atoms with Crippen LogP contribution in [-0.4, -0.2) is 27.2 Å². The summed E-state index contributed by atoms with van der Waals surface area (Å²) in [6, 6.07) is 13.9. The number of anilines is 1. The molecule has 6 heteroatoms. The fourth-order valence-corrected chi connectivity index (χ4v) is 3.24. The normalized spacial score (nSPS) is 12.4. The second-order valence-electron chi connectivity index (χ2n) is 7.15. The molecule has 3 rings (SSSR count). The second kappa shape index (κ2) is 8.20. The monoisotopic (exact) mass is 369 g/mol. The van der Waals surface area contributed by atoms with Crippen molar-refractivity contribution in [1.82, 2.24) is 9.55 Å². The van der Waals surface area contributed by atoms with E-state index in [1.165, 1.54) is 12.1 Å². The third-order valence-corrected chi connectivity index (χ3v) is 4.41.